The Balaban J connectivity index is 2.04. The molecule has 0 aliphatic heterocycles. The third-order valence-electron chi connectivity index (χ3n) is 6.63. The molecule has 1 aromatic heterocycles. The summed E-state index contributed by atoms with van der Waals surface area (Å²) in [5.41, 5.74) is 2.80. The SMILES string of the molecule is CCN(CC)c1ncc2c(n1)[C@@]1(c3ccccc3)C=C(C#N)C(=O)[C@@H](C)[C@@H]1CC2. The van der Waals surface area contributed by atoms with Crippen molar-refractivity contribution >= 4 is 11.7 Å². The molecular weight excluding hydrogens is 360 g/mol. The van der Waals surface area contributed by atoms with Crippen LogP contribution in [0.3, 0.4) is 0 Å². The highest BCUT2D eigenvalue weighted by molar-refractivity contribution is 6.02. The van der Waals surface area contributed by atoms with Crippen LogP contribution < -0.4 is 4.90 Å². The zero-order valence-corrected chi connectivity index (χ0v) is 17.2. The topological polar surface area (TPSA) is 69.9 Å². The molecule has 0 unspecified atom stereocenters. The van der Waals surface area contributed by atoms with Crippen molar-refractivity contribution in [2.45, 2.75) is 39.0 Å². The van der Waals surface area contributed by atoms with E-state index in [9.17, 15) is 10.1 Å². The van der Waals surface area contributed by atoms with Crippen LogP contribution >= 0.6 is 0 Å². The maximum atomic E-state index is 12.8. The van der Waals surface area contributed by atoms with Crippen molar-refractivity contribution in [2.75, 3.05) is 18.0 Å². The van der Waals surface area contributed by atoms with Crippen LogP contribution in [0.5, 0.6) is 0 Å². The molecule has 3 atom stereocenters. The molecule has 0 amide bonds. The second-order valence-electron chi connectivity index (χ2n) is 7.92. The zero-order valence-electron chi connectivity index (χ0n) is 17.2. The Morgan fingerprint density at radius 3 is 2.62 bits per heavy atom. The fourth-order valence-electron chi connectivity index (χ4n) is 5.09. The third kappa shape index (κ3) is 2.86. The average molecular weight is 386 g/mol. The molecule has 0 spiro atoms. The second-order valence-corrected chi connectivity index (χ2v) is 7.92. The Labute approximate surface area is 172 Å². The first-order valence-corrected chi connectivity index (χ1v) is 10.4. The number of aromatic nitrogens is 2. The minimum Gasteiger partial charge on any atom is -0.341 e. The van der Waals surface area contributed by atoms with Crippen LogP contribution in [0.15, 0.2) is 48.2 Å². The summed E-state index contributed by atoms with van der Waals surface area (Å²) in [6, 6.07) is 12.4. The monoisotopic (exact) mass is 386 g/mol. The van der Waals surface area contributed by atoms with Gasteiger partial charge in [0, 0.05) is 25.2 Å². The van der Waals surface area contributed by atoms with Gasteiger partial charge in [-0.2, -0.15) is 5.26 Å². The number of allylic oxidation sites excluding steroid dienone is 2. The molecule has 0 radical (unpaired) electrons. The summed E-state index contributed by atoms with van der Waals surface area (Å²) in [4.78, 5) is 24.7. The molecule has 2 aliphatic rings. The van der Waals surface area contributed by atoms with E-state index in [1.54, 1.807) is 0 Å². The maximum absolute atomic E-state index is 12.8. The molecule has 0 N–H and O–H groups in total. The van der Waals surface area contributed by atoms with Gasteiger partial charge in [0.25, 0.3) is 0 Å². The van der Waals surface area contributed by atoms with Crippen LogP contribution in [0.25, 0.3) is 0 Å². The second kappa shape index (κ2) is 7.44. The highest BCUT2D eigenvalue weighted by atomic mass is 16.1. The van der Waals surface area contributed by atoms with E-state index in [1.807, 2.05) is 37.4 Å². The quantitative estimate of drug-likeness (QED) is 0.798. The first-order valence-electron chi connectivity index (χ1n) is 10.4. The van der Waals surface area contributed by atoms with Gasteiger partial charge >= 0.3 is 0 Å². The molecule has 0 saturated heterocycles. The Hall–Kier alpha value is -3.00. The lowest BCUT2D eigenvalue weighted by molar-refractivity contribution is -0.121. The predicted molar refractivity (Wildman–Crippen MR) is 112 cm³/mol. The Bertz CT molecular complexity index is 1000. The Kier molecular flexibility index (Phi) is 4.96. The maximum Gasteiger partial charge on any atom is 0.225 e. The van der Waals surface area contributed by atoms with Gasteiger partial charge in [-0.05, 0) is 49.8 Å². The lowest BCUT2D eigenvalue weighted by Gasteiger charge is -2.48. The number of anilines is 1. The minimum absolute atomic E-state index is 0.0504. The average Bonchev–Trinajstić information content (AvgIpc) is 2.77. The van der Waals surface area contributed by atoms with E-state index in [-0.39, 0.29) is 23.2 Å². The van der Waals surface area contributed by atoms with Crippen LogP contribution in [0.1, 0.15) is 44.0 Å². The molecule has 1 heterocycles. The molecule has 5 nitrogen and oxygen atoms in total. The minimum atomic E-state index is -0.585. The van der Waals surface area contributed by atoms with Crippen LogP contribution in [0.2, 0.25) is 0 Å². The van der Waals surface area contributed by atoms with E-state index in [0.717, 1.165) is 42.8 Å². The number of hydrogen-bond acceptors (Lipinski definition) is 5. The number of fused-ring (bicyclic) bond motifs is 3. The van der Waals surface area contributed by atoms with Crippen LogP contribution in [-0.2, 0) is 16.6 Å². The van der Waals surface area contributed by atoms with Crippen LogP contribution in [0.4, 0.5) is 5.95 Å². The van der Waals surface area contributed by atoms with E-state index < -0.39 is 5.41 Å². The van der Waals surface area contributed by atoms with Gasteiger partial charge in [-0.3, -0.25) is 4.79 Å². The smallest absolute Gasteiger partial charge is 0.225 e. The van der Waals surface area contributed by atoms with Crippen molar-refractivity contribution in [1.82, 2.24) is 9.97 Å². The van der Waals surface area contributed by atoms with Crippen molar-refractivity contribution in [2.24, 2.45) is 11.8 Å². The lowest BCUT2D eigenvalue weighted by Crippen LogP contribution is -2.48. The Morgan fingerprint density at radius 2 is 1.97 bits per heavy atom. The third-order valence-corrected chi connectivity index (χ3v) is 6.63. The summed E-state index contributed by atoms with van der Waals surface area (Å²) in [6.07, 6.45) is 5.56. The Morgan fingerprint density at radius 1 is 1.24 bits per heavy atom. The number of aryl methyl sites for hydroxylation is 1. The molecule has 0 bridgehead atoms. The van der Waals surface area contributed by atoms with Crippen LogP contribution in [0, 0.1) is 23.2 Å². The number of benzene rings is 1. The van der Waals surface area contributed by atoms with Crippen molar-refractivity contribution in [3.63, 3.8) is 0 Å². The molecule has 29 heavy (non-hydrogen) atoms. The summed E-state index contributed by atoms with van der Waals surface area (Å²) >= 11 is 0. The summed E-state index contributed by atoms with van der Waals surface area (Å²) < 4.78 is 0. The van der Waals surface area contributed by atoms with Crippen molar-refractivity contribution in [3.05, 3.63) is 65.0 Å². The number of ketones is 1. The molecule has 0 fully saturated rings. The summed E-state index contributed by atoms with van der Waals surface area (Å²) in [5, 5.41) is 9.72. The highest BCUT2D eigenvalue weighted by Gasteiger charge is 2.52. The van der Waals surface area contributed by atoms with E-state index in [2.05, 4.69) is 41.9 Å². The molecule has 1 aromatic carbocycles. The largest absolute Gasteiger partial charge is 0.341 e. The number of Topliss-reactive ketones (excluding diaryl/α,β-unsaturated/α-hetero) is 1. The normalized spacial score (nSPS) is 25.4. The molecule has 0 saturated carbocycles. The van der Waals surface area contributed by atoms with Gasteiger partial charge in [-0.15, -0.1) is 0 Å². The first kappa shape index (κ1) is 19.3. The lowest BCUT2D eigenvalue weighted by atomic mass is 9.54. The van der Waals surface area contributed by atoms with Gasteiger partial charge in [-0.1, -0.05) is 37.3 Å². The molecule has 148 valence electrons. The molecule has 4 rings (SSSR count). The molecule has 2 aliphatic carbocycles. The predicted octanol–water partition coefficient (Wildman–Crippen LogP) is 3.84. The van der Waals surface area contributed by atoms with Gasteiger partial charge in [-0.25, -0.2) is 9.97 Å². The number of nitriles is 1. The van der Waals surface area contributed by atoms with Gasteiger partial charge < -0.3 is 4.90 Å². The number of rotatable bonds is 4. The fraction of sp³-hybridized carbons (Fsp3) is 0.417. The van der Waals surface area contributed by atoms with E-state index in [1.165, 1.54) is 0 Å². The first-order chi connectivity index (χ1) is 14.1. The highest BCUT2D eigenvalue weighted by Crippen LogP contribution is 2.53. The molecule has 5 heteroatoms. The van der Waals surface area contributed by atoms with Crippen molar-refractivity contribution in [1.29, 1.82) is 5.26 Å². The van der Waals surface area contributed by atoms with Gasteiger partial charge in [0.1, 0.15) is 6.07 Å². The number of nitrogens with zero attached hydrogens (tertiary/aromatic N) is 4. The standard InChI is InChI=1S/C24H26N4O/c1-4-28(5-2)23-26-15-17-11-12-20-16(3)21(29)18(14-25)13-24(20,22(17)27-23)19-9-7-6-8-10-19/h6-10,13,15-16,20H,4-5,11-12H2,1-3H3/t16-,20-,24+/m0/s1. The van der Waals surface area contributed by atoms with E-state index >= 15 is 0 Å². The number of hydrogen-bond donors (Lipinski definition) is 0. The molecule has 2 aromatic rings. The van der Waals surface area contributed by atoms with Gasteiger partial charge in [0.05, 0.1) is 16.7 Å². The van der Waals surface area contributed by atoms with E-state index in [4.69, 9.17) is 4.98 Å². The summed E-state index contributed by atoms with van der Waals surface area (Å²) in [7, 11) is 0. The number of carbonyl (C=O) groups excluding carboxylic acids is 1. The zero-order chi connectivity index (χ0) is 20.6. The molecular formula is C24H26N4O. The number of carbonyl (C=O) groups is 1. The van der Waals surface area contributed by atoms with Crippen molar-refractivity contribution < 1.29 is 4.79 Å². The summed E-state index contributed by atoms with van der Waals surface area (Å²) in [6.45, 7) is 7.80. The van der Waals surface area contributed by atoms with Gasteiger partial charge in [0.2, 0.25) is 5.95 Å². The fourth-order valence-corrected chi connectivity index (χ4v) is 5.09. The van der Waals surface area contributed by atoms with Crippen LogP contribution in [-0.4, -0.2) is 28.8 Å². The van der Waals surface area contributed by atoms with Gasteiger partial charge in [0.15, 0.2) is 5.78 Å². The van der Waals surface area contributed by atoms with Crippen molar-refractivity contribution in [3.8, 4) is 6.07 Å². The van der Waals surface area contributed by atoms with E-state index in [0.29, 0.717) is 5.95 Å². The summed E-state index contributed by atoms with van der Waals surface area (Å²) in [5.74, 6) is 0.503.